The molecule has 1 aromatic heterocycles. The van der Waals surface area contributed by atoms with Crippen LogP contribution in [-0.2, 0) is 13.1 Å². The van der Waals surface area contributed by atoms with E-state index in [2.05, 4.69) is 40.6 Å². The summed E-state index contributed by atoms with van der Waals surface area (Å²) in [6.07, 6.45) is 1.91. The van der Waals surface area contributed by atoms with Crippen molar-refractivity contribution in [2.45, 2.75) is 13.1 Å². The first-order chi connectivity index (χ1) is 10.3. The predicted molar refractivity (Wildman–Crippen MR) is 89.5 cm³/mol. The topological polar surface area (TPSA) is 24.9 Å². The van der Waals surface area contributed by atoms with Gasteiger partial charge in [0.05, 0.1) is 4.88 Å². The van der Waals surface area contributed by atoms with Gasteiger partial charge in [0.2, 0.25) is 0 Å². The number of hydrogen-bond donors (Lipinski definition) is 1. The summed E-state index contributed by atoms with van der Waals surface area (Å²) >= 11 is 7.72. The summed E-state index contributed by atoms with van der Waals surface area (Å²) in [6.45, 7) is 1.63. The molecule has 0 spiro atoms. The molecule has 3 rings (SSSR count). The zero-order valence-corrected chi connectivity index (χ0v) is 13.0. The van der Waals surface area contributed by atoms with Crippen LogP contribution in [0.25, 0.3) is 10.4 Å². The number of benzene rings is 2. The van der Waals surface area contributed by atoms with E-state index in [4.69, 9.17) is 11.6 Å². The lowest BCUT2D eigenvalue weighted by molar-refractivity contribution is 0.690. The number of halogens is 1. The van der Waals surface area contributed by atoms with Crippen molar-refractivity contribution in [2.75, 3.05) is 0 Å². The summed E-state index contributed by atoms with van der Waals surface area (Å²) in [5.74, 6) is 0. The highest BCUT2D eigenvalue weighted by Crippen LogP contribution is 2.27. The van der Waals surface area contributed by atoms with Crippen LogP contribution in [0, 0.1) is 0 Å². The molecule has 0 fully saturated rings. The highest BCUT2D eigenvalue weighted by atomic mass is 35.5. The Balaban J connectivity index is 1.60. The summed E-state index contributed by atoms with van der Waals surface area (Å²) in [4.78, 5) is 5.61. The van der Waals surface area contributed by atoms with Gasteiger partial charge in [-0.05, 0) is 23.3 Å². The van der Waals surface area contributed by atoms with Gasteiger partial charge in [-0.2, -0.15) is 0 Å². The fourth-order valence-electron chi connectivity index (χ4n) is 2.08. The monoisotopic (exact) mass is 314 g/mol. The minimum Gasteiger partial charge on any atom is -0.306 e. The van der Waals surface area contributed by atoms with Gasteiger partial charge in [0.25, 0.3) is 0 Å². The SMILES string of the molecule is Clc1cccc(-c2cnc(CNCc3ccccc3)s2)c1. The quantitative estimate of drug-likeness (QED) is 0.735. The molecule has 1 heterocycles. The van der Waals surface area contributed by atoms with E-state index in [1.807, 2.05) is 30.5 Å². The molecule has 0 atom stereocenters. The van der Waals surface area contributed by atoms with E-state index in [0.29, 0.717) is 0 Å². The molecule has 1 N–H and O–H groups in total. The molecular formula is C17H15ClN2S. The second kappa shape index (κ2) is 6.85. The minimum atomic E-state index is 0.754. The van der Waals surface area contributed by atoms with E-state index < -0.39 is 0 Å². The lowest BCUT2D eigenvalue weighted by Gasteiger charge is -2.02. The number of hydrogen-bond acceptors (Lipinski definition) is 3. The molecule has 0 amide bonds. The first kappa shape index (κ1) is 14.3. The van der Waals surface area contributed by atoms with Gasteiger partial charge in [0, 0.05) is 24.3 Å². The molecule has 0 bridgehead atoms. The van der Waals surface area contributed by atoms with Crippen LogP contribution in [0.3, 0.4) is 0 Å². The van der Waals surface area contributed by atoms with Crippen LogP contribution in [-0.4, -0.2) is 4.98 Å². The maximum absolute atomic E-state index is 6.02. The summed E-state index contributed by atoms with van der Waals surface area (Å²) < 4.78 is 0. The molecule has 0 unspecified atom stereocenters. The molecule has 21 heavy (non-hydrogen) atoms. The van der Waals surface area contributed by atoms with Gasteiger partial charge in [-0.1, -0.05) is 54.1 Å². The van der Waals surface area contributed by atoms with Crippen LogP contribution in [0.1, 0.15) is 10.6 Å². The van der Waals surface area contributed by atoms with Crippen LogP contribution in [0.15, 0.2) is 60.8 Å². The van der Waals surface area contributed by atoms with Crippen molar-refractivity contribution < 1.29 is 0 Å². The van der Waals surface area contributed by atoms with Crippen LogP contribution in [0.2, 0.25) is 5.02 Å². The molecular weight excluding hydrogens is 300 g/mol. The fraction of sp³-hybridized carbons (Fsp3) is 0.118. The van der Waals surface area contributed by atoms with Gasteiger partial charge >= 0.3 is 0 Å². The summed E-state index contributed by atoms with van der Waals surface area (Å²) in [5, 5.41) is 5.25. The summed E-state index contributed by atoms with van der Waals surface area (Å²) in [7, 11) is 0. The number of nitrogens with one attached hydrogen (secondary N) is 1. The molecule has 4 heteroatoms. The maximum Gasteiger partial charge on any atom is 0.107 e. The lowest BCUT2D eigenvalue weighted by atomic mass is 10.2. The zero-order valence-electron chi connectivity index (χ0n) is 11.4. The van der Waals surface area contributed by atoms with Gasteiger partial charge in [0.1, 0.15) is 5.01 Å². The number of rotatable bonds is 5. The van der Waals surface area contributed by atoms with Crippen molar-refractivity contribution >= 4 is 22.9 Å². The van der Waals surface area contributed by atoms with E-state index in [-0.39, 0.29) is 0 Å². The molecule has 0 saturated carbocycles. The first-order valence-corrected chi connectivity index (χ1v) is 7.96. The van der Waals surface area contributed by atoms with Gasteiger partial charge in [-0.15, -0.1) is 11.3 Å². The lowest BCUT2D eigenvalue weighted by Crippen LogP contribution is -2.12. The highest BCUT2D eigenvalue weighted by molar-refractivity contribution is 7.15. The van der Waals surface area contributed by atoms with Crippen molar-refractivity contribution in [1.82, 2.24) is 10.3 Å². The highest BCUT2D eigenvalue weighted by Gasteiger charge is 2.04. The summed E-state index contributed by atoms with van der Waals surface area (Å²) in [6, 6.07) is 18.2. The van der Waals surface area contributed by atoms with Crippen molar-refractivity contribution in [2.24, 2.45) is 0 Å². The number of nitrogens with zero attached hydrogens (tertiary/aromatic N) is 1. The number of aromatic nitrogens is 1. The normalized spacial score (nSPS) is 10.7. The molecule has 2 aromatic carbocycles. The fourth-order valence-corrected chi connectivity index (χ4v) is 3.15. The third kappa shape index (κ3) is 3.91. The summed E-state index contributed by atoms with van der Waals surface area (Å²) in [5.41, 5.74) is 2.40. The Kier molecular flexibility index (Phi) is 4.65. The first-order valence-electron chi connectivity index (χ1n) is 6.76. The Morgan fingerprint density at radius 3 is 2.67 bits per heavy atom. The van der Waals surface area contributed by atoms with E-state index in [9.17, 15) is 0 Å². The number of thiazole rings is 1. The van der Waals surface area contributed by atoms with Crippen LogP contribution < -0.4 is 5.32 Å². The molecule has 0 saturated heterocycles. The smallest absolute Gasteiger partial charge is 0.107 e. The Hall–Kier alpha value is -1.68. The minimum absolute atomic E-state index is 0.754. The Bertz CT molecular complexity index is 710. The third-order valence-corrected chi connectivity index (χ3v) is 4.39. The third-order valence-electron chi connectivity index (χ3n) is 3.11. The van der Waals surface area contributed by atoms with Crippen LogP contribution >= 0.6 is 22.9 Å². The molecule has 0 aliphatic carbocycles. The van der Waals surface area contributed by atoms with Gasteiger partial charge < -0.3 is 5.32 Å². The van der Waals surface area contributed by atoms with Crippen molar-refractivity contribution in [3.63, 3.8) is 0 Å². The van der Waals surface area contributed by atoms with Crippen molar-refractivity contribution in [3.8, 4) is 10.4 Å². The van der Waals surface area contributed by atoms with E-state index in [0.717, 1.165) is 33.6 Å². The Morgan fingerprint density at radius 1 is 1.00 bits per heavy atom. The zero-order chi connectivity index (χ0) is 14.5. The molecule has 0 aliphatic heterocycles. The van der Waals surface area contributed by atoms with Crippen molar-refractivity contribution in [1.29, 1.82) is 0 Å². The Morgan fingerprint density at radius 2 is 1.86 bits per heavy atom. The predicted octanol–water partition coefficient (Wildman–Crippen LogP) is 4.75. The van der Waals surface area contributed by atoms with E-state index >= 15 is 0 Å². The van der Waals surface area contributed by atoms with E-state index in [1.54, 1.807) is 11.3 Å². The average molecular weight is 315 g/mol. The van der Waals surface area contributed by atoms with Crippen LogP contribution in [0.4, 0.5) is 0 Å². The average Bonchev–Trinajstić information content (AvgIpc) is 2.97. The Labute approximate surface area is 133 Å². The molecule has 2 nitrogen and oxygen atoms in total. The van der Waals surface area contributed by atoms with Crippen LogP contribution in [0.5, 0.6) is 0 Å². The molecule has 3 aromatic rings. The second-order valence-corrected chi connectivity index (χ2v) is 6.27. The van der Waals surface area contributed by atoms with Crippen molar-refractivity contribution in [3.05, 3.63) is 76.4 Å². The largest absolute Gasteiger partial charge is 0.306 e. The van der Waals surface area contributed by atoms with Gasteiger partial charge in [0.15, 0.2) is 0 Å². The standard InChI is InChI=1S/C17H15ClN2S/c18-15-8-4-7-14(9-15)16-11-20-17(21-16)12-19-10-13-5-2-1-3-6-13/h1-9,11,19H,10,12H2. The maximum atomic E-state index is 6.02. The van der Waals surface area contributed by atoms with E-state index in [1.165, 1.54) is 5.56 Å². The second-order valence-electron chi connectivity index (χ2n) is 4.72. The van der Waals surface area contributed by atoms with Gasteiger partial charge in [-0.3, -0.25) is 0 Å². The molecule has 0 aliphatic rings. The molecule has 0 radical (unpaired) electrons. The van der Waals surface area contributed by atoms with Gasteiger partial charge in [-0.25, -0.2) is 4.98 Å². The molecule has 106 valence electrons.